The van der Waals surface area contributed by atoms with Gasteiger partial charge in [-0.25, -0.2) is 13.6 Å². The van der Waals surface area contributed by atoms with Crippen LogP contribution in [-0.2, 0) is 14.3 Å². The SMILES string of the molecule is CCOC(=O)C[C@H](NC(=O)OC(C)(C)C)c1cc(-c2c(O)cc(C)c(F)c2C)cc(C2CC2)c1F. The second-order valence-corrected chi connectivity index (χ2v) is 9.98. The molecule has 1 aliphatic carbocycles. The maximum Gasteiger partial charge on any atom is 0.408 e. The number of ether oxygens (including phenoxy) is 2. The third-order valence-electron chi connectivity index (χ3n) is 5.84. The molecular weight excluding hydrogens is 456 g/mol. The average Bonchev–Trinajstić information content (AvgIpc) is 3.56. The summed E-state index contributed by atoms with van der Waals surface area (Å²) in [5.74, 6) is -1.80. The molecule has 1 amide bonds. The van der Waals surface area contributed by atoms with Crippen molar-refractivity contribution >= 4 is 12.1 Å². The summed E-state index contributed by atoms with van der Waals surface area (Å²) in [5, 5.41) is 13.3. The molecule has 0 aliphatic heterocycles. The Balaban J connectivity index is 2.15. The Bertz CT molecular complexity index is 1140. The summed E-state index contributed by atoms with van der Waals surface area (Å²) < 4.78 is 40.9. The first-order valence-corrected chi connectivity index (χ1v) is 11.8. The van der Waals surface area contributed by atoms with Gasteiger partial charge in [0.15, 0.2) is 0 Å². The van der Waals surface area contributed by atoms with E-state index in [1.165, 1.54) is 12.1 Å². The van der Waals surface area contributed by atoms with Crippen LogP contribution < -0.4 is 5.32 Å². The average molecular weight is 490 g/mol. The number of hydrogen-bond donors (Lipinski definition) is 2. The zero-order valence-electron chi connectivity index (χ0n) is 21.1. The van der Waals surface area contributed by atoms with Crippen molar-refractivity contribution in [2.75, 3.05) is 6.61 Å². The molecule has 0 aromatic heterocycles. The number of hydrogen-bond acceptors (Lipinski definition) is 5. The number of phenolic OH excluding ortho intramolecular Hbond substituents is 1. The molecule has 2 N–H and O–H groups in total. The van der Waals surface area contributed by atoms with Crippen molar-refractivity contribution in [2.24, 2.45) is 0 Å². The molecule has 35 heavy (non-hydrogen) atoms. The maximum absolute atomic E-state index is 15.8. The van der Waals surface area contributed by atoms with Gasteiger partial charge in [-0.3, -0.25) is 4.79 Å². The highest BCUT2D eigenvalue weighted by atomic mass is 19.1. The summed E-state index contributed by atoms with van der Waals surface area (Å²) in [5.41, 5.74) is 0.797. The van der Waals surface area contributed by atoms with Crippen molar-refractivity contribution in [3.63, 3.8) is 0 Å². The summed E-state index contributed by atoms with van der Waals surface area (Å²) >= 11 is 0. The standard InChI is InChI=1S/C27H33F2NO5/c1-7-34-22(32)13-20(30-26(33)35-27(4,5)6)19-12-17(11-18(25(19)29)16-8-9-16)23-15(3)24(28)14(2)10-21(23)31/h10-12,16,20,31H,7-9,13H2,1-6H3,(H,30,33)/t20-/m0/s1. The first kappa shape index (κ1) is 26.4. The number of benzene rings is 2. The van der Waals surface area contributed by atoms with E-state index >= 15 is 4.39 Å². The molecule has 0 spiro atoms. The highest BCUT2D eigenvalue weighted by molar-refractivity contribution is 5.77. The molecule has 1 fully saturated rings. The molecule has 0 bridgehead atoms. The summed E-state index contributed by atoms with van der Waals surface area (Å²) in [4.78, 5) is 24.9. The van der Waals surface area contributed by atoms with E-state index in [9.17, 15) is 19.1 Å². The third kappa shape index (κ3) is 6.29. The van der Waals surface area contributed by atoms with Gasteiger partial charge in [-0.15, -0.1) is 0 Å². The van der Waals surface area contributed by atoms with Crippen LogP contribution >= 0.6 is 0 Å². The van der Waals surface area contributed by atoms with Gasteiger partial charge in [0, 0.05) is 11.1 Å². The molecule has 0 radical (unpaired) electrons. The number of nitrogens with one attached hydrogen (secondary N) is 1. The number of esters is 1. The molecule has 2 aromatic carbocycles. The van der Waals surface area contributed by atoms with Crippen LogP contribution in [0.5, 0.6) is 5.75 Å². The van der Waals surface area contributed by atoms with Crippen molar-refractivity contribution in [1.29, 1.82) is 0 Å². The third-order valence-corrected chi connectivity index (χ3v) is 5.84. The minimum absolute atomic E-state index is 0.0313. The first-order valence-electron chi connectivity index (χ1n) is 11.8. The van der Waals surface area contributed by atoms with Gasteiger partial charge >= 0.3 is 12.1 Å². The van der Waals surface area contributed by atoms with Gasteiger partial charge in [-0.05, 0) is 101 Å². The van der Waals surface area contributed by atoms with Gasteiger partial charge in [-0.2, -0.15) is 0 Å². The smallest absolute Gasteiger partial charge is 0.408 e. The molecule has 3 rings (SSSR count). The van der Waals surface area contributed by atoms with Gasteiger partial charge in [0.2, 0.25) is 0 Å². The van der Waals surface area contributed by atoms with E-state index in [-0.39, 0.29) is 41.4 Å². The van der Waals surface area contributed by atoms with Crippen LogP contribution in [0.15, 0.2) is 18.2 Å². The monoisotopic (exact) mass is 489 g/mol. The van der Waals surface area contributed by atoms with Crippen molar-refractivity contribution < 1.29 is 33.0 Å². The Morgan fingerprint density at radius 3 is 2.37 bits per heavy atom. The van der Waals surface area contributed by atoms with E-state index in [4.69, 9.17) is 9.47 Å². The number of rotatable bonds is 7. The van der Waals surface area contributed by atoms with Crippen molar-refractivity contribution in [3.05, 3.63) is 52.1 Å². The Hall–Kier alpha value is -3.16. The Labute approximate surface area is 204 Å². The number of aryl methyl sites for hydroxylation is 1. The first-order chi connectivity index (χ1) is 16.3. The second-order valence-electron chi connectivity index (χ2n) is 9.98. The number of carbonyl (C=O) groups excluding carboxylic acids is 2. The lowest BCUT2D eigenvalue weighted by molar-refractivity contribution is -0.143. The van der Waals surface area contributed by atoms with E-state index in [1.54, 1.807) is 47.6 Å². The highest BCUT2D eigenvalue weighted by Gasteiger charge is 2.33. The molecule has 1 saturated carbocycles. The zero-order chi connectivity index (χ0) is 26.1. The van der Waals surface area contributed by atoms with Gasteiger partial charge in [0.05, 0.1) is 19.1 Å². The van der Waals surface area contributed by atoms with Gasteiger partial charge in [0.1, 0.15) is 23.0 Å². The molecule has 190 valence electrons. The Morgan fingerprint density at radius 2 is 1.80 bits per heavy atom. The summed E-state index contributed by atoms with van der Waals surface area (Å²) in [6.07, 6.45) is 0.430. The van der Waals surface area contributed by atoms with Crippen molar-refractivity contribution in [2.45, 2.75) is 78.4 Å². The molecular formula is C27H33F2NO5. The topological polar surface area (TPSA) is 84.9 Å². The molecule has 6 nitrogen and oxygen atoms in total. The van der Waals surface area contributed by atoms with Crippen molar-refractivity contribution in [1.82, 2.24) is 5.32 Å². The number of phenols is 1. The molecule has 0 heterocycles. The lowest BCUT2D eigenvalue weighted by Crippen LogP contribution is -2.36. The van der Waals surface area contributed by atoms with Crippen LogP contribution in [0.3, 0.4) is 0 Å². The van der Waals surface area contributed by atoms with Crippen LogP contribution in [0.2, 0.25) is 0 Å². The minimum atomic E-state index is -1.10. The highest BCUT2D eigenvalue weighted by Crippen LogP contribution is 2.46. The fourth-order valence-corrected chi connectivity index (χ4v) is 4.14. The van der Waals surface area contributed by atoms with E-state index in [0.29, 0.717) is 16.7 Å². The van der Waals surface area contributed by atoms with Gasteiger partial charge in [-0.1, -0.05) is 0 Å². The van der Waals surface area contributed by atoms with E-state index < -0.39 is 35.3 Å². The predicted molar refractivity (Wildman–Crippen MR) is 128 cm³/mol. The molecule has 8 heteroatoms. The van der Waals surface area contributed by atoms with Crippen LogP contribution in [0.1, 0.15) is 81.2 Å². The van der Waals surface area contributed by atoms with Crippen LogP contribution in [0, 0.1) is 25.5 Å². The quantitative estimate of drug-likeness (QED) is 0.443. The molecule has 0 saturated heterocycles. The van der Waals surface area contributed by atoms with Crippen LogP contribution in [0.4, 0.5) is 13.6 Å². The molecule has 2 aromatic rings. The Morgan fingerprint density at radius 1 is 1.14 bits per heavy atom. The van der Waals surface area contributed by atoms with Gasteiger partial charge in [0.25, 0.3) is 0 Å². The van der Waals surface area contributed by atoms with Crippen LogP contribution in [-0.4, -0.2) is 29.4 Å². The number of halogens is 2. The largest absolute Gasteiger partial charge is 0.507 e. The van der Waals surface area contributed by atoms with Crippen molar-refractivity contribution in [3.8, 4) is 16.9 Å². The molecule has 1 atom stereocenters. The zero-order valence-corrected chi connectivity index (χ0v) is 21.1. The fraction of sp³-hybridized carbons (Fsp3) is 0.481. The lowest BCUT2D eigenvalue weighted by atomic mass is 9.90. The summed E-state index contributed by atoms with van der Waals surface area (Å²) in [6, 6.07) is 3.28. The normalized spacial score (nSPS) is 14.4. The fourth-order valence-electron chi connectivity index (χ4n) is 4.14. The van der Waals surface area contributed by atoms with E-state index in [2.05, 4.69) is 5.32 Å². The molecule has 1 aliphatic rings. The minimum Gasteiger partial charge on any atom is -0.507 e. The summed E-state index contributed by atoms with van der Waals surface area (Å²) in [6.45, 7) is 9.95. The predicted octanol–water partition coefficient (Wildman–Crippen LogP) is 6.35. The van der Waals surface area contributed by atoms with Crippen LogP contribution in [0.25, 0.3) is 11.1 Å². The number of aromatic hydroxyl groups is 1. The van der Waals surface area contributed by atoms with Gasteiger partial charge < -0.3 is 19.9 Å². The van der Waals surface area contributed by atoms with E-state index in [0.717, 1.165) is 12.8 Å². The maximum atomic E-state index is 15.8. The summed E-state index contributed by atoms with van der Waals surface area (Å²) in [7, 11) is 0. The number of amides is 1. The Kier molecular flexibility index (Phi) is 7.72. The molecule has 0 unspecified atom stereocenters. The number of carbonyl (C=O) groups is 2. The number of alkyl carbamates (subject to hydrolysis) is 1. The second kappa shape index (κ2) is 10.2. The lowest BCUT2D eigenvalue weighted by Gasteiger charge is -2.25. The van der Waals surface area contributed by atoms with E-state index in [1.807, 2.05) is 0 Å².